The molecule has 2 amide bonds. The summed E-state index contributed by atoms with van der Waals surface area (Å²) in [6.45, 7) is 6.15. The number of nitrogens with zero attached hydrogens (tertiary/aromatic N) is 6. The Labute approximate surface area is 263 Å². The van der Waals surface area contributed by atoms with Gasteiger partial charge in [0.15, 0.2) is 17.8 Å². The monoisotopic (exact) mass is 624 g/mol. The smallest absolute Gasteiger partial charge is 0.274 e. The Morgan fingerprint density at radius 2 is 2.05 bits per heavy atom. The first-order valence-corrected chi connectivity index (χ1v) is 15.7. The number of aromatic nitrogens is 4. The van der Waals surface area contributed by atoms with Crippen LogP contribution in [0, 0.1) is 5.92 Å². The number of anilines is 1. The Balaban J connectivity index is 1.51. The average molecular weight is 625 g/mol. The lowest BCUT2D eigenvalue weighted by Gasteiger charge is -2.25. The summed E-state index contributed by atoms with van der Waals surface area (Å²) in [6.07, 6.45) is 9.70. The molecule has 236 valence electrons. The van der Waals surface area contributed by atoms with Crippen molar-refractivity contribution >= 4 is 29.7 Å². The molecule has 3 aromatic rings. The molecular weight excluding hydrogens is 584 g/mol. The van der Waals surface area contributed by atoms with Crippen LogP contribution in [0.5, 0.6) is 5.88 Å². The molecule has 1 aliphatic heterocycles. The molecule has 1 saturated carbocycles. The van der Waals surface area contributed by atoms with Crippen molar-refractivity contribution in [1.29, 1.82) is 0 Å². The molecular formula is C32H41ClN6O5. The van der Waals surface area contributed by atoms with E-state index in [9.17, 15) is 9.59 Å². The van der Waals surface area contributed by atoms with E-state index in [4.69, 9.17) is 30.8 Å². The molecule has 12 heteroatoms. The van der Waals surface area contributed by atoms with Crippen molar-refractivity contribution in [3.05, 3.63) is 53.1 Å². The van der Waals surface area contributed by atoms with Gasteiger partial charge in [0, 0.05) is 38.6 Å². The van der Waals surface area contributed by atoms with Gasteiger partial charge in [0.25, 0.3) is 5.91 Å². The summed E-state index contributed by atoms with van der Waals surface area (Å²) in [6, 6.07) is 6.99. The van der Waals surface area contributed by atoms with Gasteiger partial charge in [-0.05, 0) is 82.6 Å². The summed E-state index contributed by atoms with van der Waals surface area (Å²) in [5, 5.41) is 0.507. The number of pyridine rings is 2. The number of hydrogen-bond acceptors (Lipinski definition) is 8. The van der Waals surface area contributed by atoms with Crippen molar-refractivity contribution in [1.82, 2.24) is 24.4 Å². The van der Waals surface area contributed by atoms with Crippen LogP contribution in [-0.2, 0) is 20.8 Å². The van der Waals surface area contributed by atoms with Crippen molar-refractivity contribution < 1.29 is 23.8 Å². The van der Waals surface area contributed by atoms with Crippen LogP contribution in [0.1, 0.15) is 68.6 Å². The third-order valence-electron chi connectivity index (χ3n) is 7.77. The van der Waals surface area contributed by atoms with E-state index in [-0.39, 0.29) is 36.3 Å². The first-order chi connectivity index (χ1) is 21.4. The lowest BCUT2D eigenvalue weighted by atomic mass is 10.2. The molecule has 0 spiro atoms. The number of carbonyl (C=O) groups excluding carboxylic acids is 2. The SMILES string of the molecule is CC(C)N(C=O)c1nc(-c2cccnc2OCC2CC2)n(Cc2ccc(Cl)cn2)c1C(=O)N(C)CCCOC1CCCCO1. The van der Waals surface area contributed by atoms with Gasteiger partial charge in [-0.25, -0.2) is 9.97 Å². The van der Waals surface area contributed by atoms with E-state index < -0.39 is 0 Å². The number of rotatable bonds is 15. The molecule has 44 heavy (non-hydrogen) atoms. The molecule has 11 nitrogen and oxygen atoms in total. The normalized spacial score (nSPS) is 16.6. The highest BCUT2D eigenvalue weighted by Gasteiger charge is 2.32. The van der Waals surface area contributed by atoms with Gasteiger partial charge in [0.1, 0.15) is 5.82 Å². The molecule has 3 aromatic heterocycles. The van der Waals surface area contributed by atoms with E-state index in [1.165, 1.54) is 4.90 Å². The Kier molecular flexibility index (Phi) is 10.8. The predicted octanol–water partition coefficient (Wildman–Crippen LogP) is 5.21. The second-order valence-corrected chi connectivity index (χ2v) is 12.1. The van der Waals surface area contributed by atoms with Crippen molar-refractivity contribution in [2.45, 2.75) is 71.2 Å². The van der Waals surface area contributed by atoms with Crippen LogP contribution in [-0.4, -0.2) is 82.5 Å². The van der Waals surface area contributed by atoms with Crippen LogP contribution in [0.25, 0.3) is 11.4 Å². The van der Waals surface area contributed by atoms with E-state index in [0.717, 1.165) is 32.1 Å². The summed E-state index contributed by atoms with van der Waals surface area (Å²) in [5.41, 5.74) is 1.57. The molecule has 4 heterocycles. The minimum atomic E-state index is -0.279. The highest BCUT2D eigenvalue weighted by molar-refractivity contribution is 6.30. The summed E-state index contributed by atoms with van der Waals surface area (Å²) >= 11 is 6.13. The largest absolute Gasteiger partial charge is 0.477 e. The van der Waals surface area contributed by atoms with Gasteiger partial charge in [-0.1, -0.05) is 11.6 Å². The molecule has 1 saturated heterocycles. The molecule has 1 unspecified atom stereocenters. The number of imidazole rings is 1. The maximum atomic E-state index is 14.3. The van der Waals surface area contributed by atoms with Crippen molar-refractivity contribution in [2.24, 2.45) is 5.92 Å². The predicted molar refractivity (Wildman–Crippen MR) is 167 cm³/mol. The molecule has 0 N–H and O–H groups in total. The van der Waals surface area contributed by atoms with Crippen molar-refractivity contribution in [3.8, 4) is 17.3 Å². The van der Waals surface area contributed by atoms with Crippen LogP contribution in [0.2, 0.25) is 5.02 Å². The molecule has 5 rings (SSSR count). The van der Waals surface area contributed by atoms with Gasteiger partial charge >= 0.3 is 0 Å². The molecule has 2 aliphatic rings. The van der Waals surface area contributed by atoms with Gasteiger partial charge in [0.2, 0.25) is 12.3 Å². The highest BCUT2D eigenvalue weighted by Crippen LogP contribution is 2.36. The number of hydrogen-bond donors (Lipinski definition) is 0. The van der Waals surface area contributed by atoms with Crippen LogP contribution in [0.4, 0.5) is 5.82 Å². The zero-order valence-electron chi connectivity index (χ0n) is 25.7. The maximum Gasteiger partial charge on any atom is 0.274 e. The molecule has 1 atom stereocenters. The first-order valence-electron chi connectivity index (χ1n) is 15.4. The molecule has 0 aromatic carbocycles. The Morgan fingerprint density at radius 1 is 1.20 bits per heavy atom. The van der Waals surface area contributed by atoms with Gasteiger partial charge in [-0.15, -0.1) is 0 Å². The summed E-state index contributed by atoms with van der Waals surface area (Å²) < 4.78 is 19.5. The lowest BCUT2D eigenvalue weighted by Crippen LogP contribution is -2.35. The summed E-state index contributed by atoms with van der Waals surface area (Å²) in [7, 11) is 1.75. The third-order valence-corrected chi connectivity index (χ3v) is 7.99. The maximum absolute atomic E-state index is 14.3. The zero-order chi connectivity index (χ0) is 31.1. The van der Waals surface area contributed by atoms with Crippen LogP contribution in [0.3, 0.4) is 0 Å². The van der Waals surface area contributed by atoms with Gasteiger partial charge in [0.05, 0.1) is 36.0 Å². The second-order valence-electron chi connectivity index (χ2n) is 11.6. The lowest BCUT2D eigenvalue weighted by molar-refractivity contribution is -0.162. The van der Waals surface area contributed by atoms with E-state index in [1.54, 1.807) is 35.0 Å². The Bertz CT molecular complexity index is 1400. The summed E-state index contributed by atoms with van der Waals surface area (Å²) in [5.74, 6) is 1.39. The molecule has 0 bridgehead atoms. The highest BCUT2D eigenvalue weighted by atomic mass is 35.5. The van der Waals surface area contributed by atoms with Gasteiger partial charge in [-0.3, -0.25) is 19.5 Å². The molecule has 0 radical (unpaired) electrons. The fourth-order valence-electron chi connectivity index (χ4n) is 5.07. The van der Waals surface area contributed by atoms with E-state index in [2.05, 4.69) is 9.97 Å². The Hall–Kier alpha value is -3.54. The minimum Gasteiger partial charge on any atom is -0.477 e. The van der Waals surface area contributed by atoms with Crippen LogP contribution >= 0.6 is 11.6 Å². The van der Waals surface area contributed by atoms with E-state index in [1.807, 2.05) is 32.0 Å². The standard InChI is InChI=1S/C32H41ClN6O5/c1-22(2)39(21-40)30-28(32(41)37(3)15-7-17-43-27-9-4-5-16-42-27)38(19-25-13-12-24(33)18-35-25)29(36-30)26-8-6-14-34-31(26)44-20-23-10-11-23/h6,8,12-14,18,21-23,27H,4-5,7,9-11,15-17,19-20H2,1-3H3. The topological polar surface area (TPSA) is 112 Å². The number of carbonyl (C=O) groups is 2. The fraction of sp³-hybridized carbons (Fsp3) is 0.531. The third kappa shape index (κ3) is 7.94. The van der Waals surface area contributed by atoms with Crippen molar-refractivity contribution in [2.75, 3.05) is 38.3 Å². The van der Waals surface area contributed by atoms with Gasteiger partial charge < -0.3 is 23.7 Å². The average Bonchev–Trinajstić information content (AvgIpc) is 3.80. The second kappa shape index (κ2) is 15.0. The van der Waals surface area contributed by atoms with Crippen LogP contribution < -0.4 is 9.64 Å². The first kappa shape index (κ1) is 31.9. The molecule has 1 aliphatic carbocycles. The van der Waals surface area contributed by atoms with Crippen molar-refractivity contribution in [3.63, 3.8) is 0 Å². The Morgan fingerprint density at radius 3 is 2.73 bits per heavy atom. The quantitative estimate of drug-likeness (QED) is 0.167. The van der Waals surface area contributed by atoms with E-state index in [0.29, 0.717) is 73.1 Å². The number of amides is 2. The number of halogens is 1. The van der Waals surface area contributed by atoms with E-state index >= 15 is 0 Å². The fourth-order valence-corrected chi connectivity index (χ4v) is 5.18. The van der Waals surface area contributed by atoms with Gasteiger partial charge in [-0.2, -0.15) is 0 Å². The van der Waals surface area contributed by atoms with Crippen LogP contribution in [0.15, 0.2) is 36.7 Å². The minimum absolute atomic E-state index is 0.185. The molecule has 2 fully saturated rings. The zero-order valence-corrected chi connectivity index (χ0v) is 26.4. The number of ether oxygens (including phenoxy) is 3. The summed E-state index contributed by atoms with van der Waals surface area (Å²) in [4.78, 5) is 43.8.